The molecule has 3 nitrogen and oxygen atoms in total. The Balaban J connectivity index is 2.93. The fraction of sp³-hybridized carbons (Fsp3) is 0.600. The molecular weight excluding hydrogens is 222 g/mol. The number of hydrogen-bond donors (Lipinski definition) is 2. The molecule has 0 aromatic heterocycles. The van der Waals surface area contributed by atoms with Crippen LogP contribution >= 0.6 is 0 Å². The van der Waals surface area contributed by atoms with Crippen molar-refractivity contribution in [1.82, 2.24) is 10.3 Å². The van der Waals surface area contributed by atoms with Crippen molar-refractivity contribution < 1.29 is 0 Å². The molecule has 18 heavy (non-hydrogen) atoms. The molecule has 0 fully saturated rings. The SMILES string of the molecule is CCC(CC)(C(Cc1ccccc1)NN)N(C)C. The summed E-state index contributed by atoms with van der Waals surface area (Å²) in [5.41, 5.74) is 4.46. The van der Waals surface area contributed by atoms with E-state index in [4.69, 9.17) is 5.84 Å². The number of rotatable bonds is 7. The standard InChI is InChI=1S/C15H27N3/c1-5-15(6-2,18(3)4)14(17-16)12-13-10-8-7-9-11-13/h7-11,14,17H,5-6,12,16H2,1-4H3. The van der Waals surface area contributed by atoms with Crippen molar-refractivity contribution >= 4 is 0 Å². The Kier molecular flexibility index (Phi) is 5.79. The van der Waals surface area contributed by atoms with E-state index in [2.05, 4.69) is 62.5 Å². The Morgan fingerprint density at radius 1 is 1.17 bits per heavy atom. The molecule has 0 aliphatic carbocycles. The minimum Gasteiger partial charge on any atom is -0.302 e. The van der Waals surface area contributed by atoms with Gasteiger partial charge in [0.05, 0.1) is 0 Å². The number of nitrogens with zero attached hydrogens (tertiary/aromatic N) is 1. The molecule has 0 spiro atoms. The maximum Gasteiger partial charge on any atom is 0.0434 e. The van der Waals surface area contributed by atoms with Crippen LogP contribution in [0.15, 0.2) is 30.3 Å². The van der Waals surface area contributed by atoms with Gasteiger partial charge < -0.3 is 4.90 Å². The van der Waals surface area contributed by atoms with Crippen LogP contribution in [0.4, 0.5) is 0 Å². The predicted octanol–water partition coefficient (Wildman–Crippen LogP) is 2.18. The molecule has 1 aromatic carbocycles. The monoisotopic (exact) mass is 249 g/mol. The highest BCUT2D eigenvalue weighted by molar-refractivity contribution is 5.17. The van der Waals surface area contributed by atoms with Crippen LogP contribution in [0.3, 0.4) is 0 Å². The first-order chi connectivity index (χ1) is 8.60. The highest BCUT2D eigenvalue weighted by atomic mass is 15.3. The number of hydrazine groups is 1. The summed E-state index contributed by atoms with van der Waals surface area (Å²) in [5.74, 6) is 5.82. The molecule has 0 saturated carbocycles. The van der Waals surface area contributed by atoms with Gasteiger partial charge in [-0.05, 0) is 38.9 Å². The van der Waals surface area contributed by atoms with Crippen LogP contribution in [-0.2, 0) is 6.42 Å². The lowest BCUT2D eigenvalue weighted by Crippen LogP contribution is -2.61. The highest BCUT2D eigenvalue weighted by Gasteiger charge is 2.37. The van der Waals surface area contributed by atoms with E-state index in [9.17, 15) is 0 Å². The van der Waals surface area contributed by atoms with Gasteiger partial charge in [-0.2, -0.15) is 0 Å². The molecule has 0 saturated heterocycles. The number of nitrogens with one attached hydrogen (secondary N) is 1. The zero-order valence-electron chi connectivity index (χ0n) is 12.1. The van der Waals surface area contributed by atoms with Gasteiger partial charge in [-0.15, -0.1) is 0 Å². The molecule has 0 radical (unpaired) electrons. The molecule has 1 aromatic rings. The number of likely N-dealkylation sites (N-methyl/N-ethyl adjacent to an activating group) is 1. The maximum absolute atomic E-state index is 5.82. The van der Waals surface area contributed by atoms with Gasteiger partial charge in [0.25, 0.3) is 0 Å². The Bertz CT molecular complexity index is 331. The first kappa shape index (κ1) is 15.2. The summed E-state index contributed by atoms with van der Waals surface area (Å²) in [4.78, 5) is 2.31. The normalized spacial score (nSPS) is 13.9. The van der Waals surface area contributed by atoms with Gasteiger partial charge in [0.15, 0.2) is 0 Å². The van der Waals surface area contributed by atoms with Gasteiger partial charge in [-0.25, -0.2) is 0 Å². The quantitative estimate of drug-likeness (QED) is 0.575. The second-order valence-corrected chi connectivity index (χ2v) is 5.11. The van der Waals surface area contributed by atoms with Crippen molar-refractivity contribution in [3.8, 4) is 0 Å². The molecule has 1 rings (SSSR count). The minimum absolute atomic E-state index is 0.102. The van der Waals surface area contributed by atoms with Crippen LogP contribution in [-0.4, -0.2) is 30.6 Å². The Morgan fingerprint density at radius 2 is 1.72 bits per heavy atom. The lowest BCUT2D eigenvalue weighted by Gasteiger charge is -2.45. The number of nitrogens with two attached hydrogens (primary N) is 1. The van der Waals surface area contributed by atoms with Gasteiger partial charge in [0.1, 0.15) is 0 Å². The van der Waals surface area contributed by atoms with Crippen LogP contribution in [0.2, 0.25) is 0 Å². The Hall–Kier alpha value is -0.900. The fourth-order valence-electron chi connectivity index (χ4n) is 2.94. The van der Waals surface area contributed by atoms with Gasteiger partial charge >= 0.3 is 0 Å². The molecule has 0 aliphatic rings. The molecule has 1 atom stereocenters. The first-order valence-corrected chi connectivity index (χ1v) is 6.78. The maximum atomic E-state index is 5.82. The fourth-order valence-corrected chi connectivity index (χ4v) is 2.94. The van der Waals surface area contributed by atoms with E-state index < -0.39 is 0 Å². The molecule has 0 amide bonds. The second kappa shape index (κ2) is 6.88. The summed E-state index contributed by atoms with van der Waals surface area (Å²) in [6.45, 7) is 4.47. The van der Waals surface area contributed by atoms with E-state index in [1.807, 2.05) is 6.07 Å². The van der Waals surface area contributed by atoms with E-state index in [0.29, 0.717) is 0 Å². The van der Waals surface area contributed by atoms with Gasteiger partial charge in [-0.1, -0.05) is 44.2 Å². The summed E-state index contributed by atoms with van der Waals surface area (Å²) in [5, 5.41) is 0. The largest absolute Gasteiger partial charge is 0.302 e. The summed E-state index contributed by atoms with van der Waals surface area (Å²) in [6, 6.07) is 10.8. The number of benzene rings is 1. The molecule has 0 heterocycles. The Morgan fingerprint density at radius 3 is 2.11 bits per heavy atom. The van der Waals surface area contributed by atoms with Crippen molar-refractivity contribution in [3.05, 3.63) is 35.9 Å². The third-order valence-electron chi connectivity index (χ3n) is 4.25. The average Bonchev–Trinajstić information content (AvgIpc) is 2.40. The number of hydrogen-bond acceptors (Lipinski definition) is 3. The third kappa shape index (κ3) is 3.10. The van der Waals surface area contributed by atoms with Crippen molar-refractivity contribution in [2.45, 2.75) is 44.7 Å². The van der Waals surface area contributed by atoms with E-state index in [0.717, 1.165) is 19.3 Å². The average molecular weight is 249 g/mol. The van der Waals surface area contributed by atoms with Crippen LogP contribution in [0.1, 0.15) is 32.3 Å². The Labute approximate surface area is 111 Å². The van der Waals surface area contributed by atoms with Crippen LogP contribution < -0.4 is 11.3 Å². The smallest absolute Gasteiger partial charge is 0.0434 e. The molecule has 102 valence electrons. The van der Waals surface area contributed by atoms with Crippen LogP contribution in [0.25, 0.3) is 0 Å². The summed E-state index contributed by atoms with van der Waals surface area (Å²) in [7, 11) is 4.28. The van der Waals surface area contributed by atoms with E-state index >= 15 is 0 Å². The second-order valence-electron chi connectivity index (χ2n) is 5.11. The lowest BCUT2D eigenvalue weighted by molar-refractivity contribution is 0.0882. The zero-order chi connectivity index (χ0) is 13.6. The van der Waals surface area contributed by atoms with Crippen molar-refractivity contribution in [3.63, 3.8) is 0 Å². The summed E-state index contributed by atoms with van der Waals surface area (Å²) in [6.07, 6.45) is 3.12. The molecular formula is C15H27N3. The van der Waals surface area contributed by atoms with Crippen LogP contribution in [0, 0.1) is 0 Å². The lowest BCUT2D eigenvalue weighted by atomic mass is 9.80. The molecule has 3 heteroatoms. The van der Waals surface area contributed by atoms with Crippen molar-refractivity contribution in [1.29, 1.82) is 0 Å². The first-order valence-electron chi connectivity index (χ1n) is 6.78. The van der Waals surface area contributed by atoms with E-state index in [1.54, 1.807) is 0 Å². The molecule has 3 N–H and O–H groups in total. The van der Waals surface area contributed by atoms with Gasteiger partial charge in [-0.3, -0.25) is 11.3 Å². The van der Waals surface area contributed by atoms with Crippen LogP contribution in [0.5, 0.6) is 0 Å². The molecule has 0 bridgehead atoms. The minimum atomic E-state index is 0.102. The van der Waals surface area contributed by atoms with Crippen molar-refractivity contribution in [2.75, 3.05) is 14.1 Å². The third-order valence-corrected chi connectivity index (χ3v) is 4.25. The van der Waals surface area contributed by atoms with Crippen molar-refractivity contribution in [2.24, 2.45) is 5.84 Å². The van der Waals surface area contributed by atoms with E-state index in [1.165, 1.54) is 5.56 Å². The zero-order valence-corrected chi connectivity index (χ0v) is 12.1. The predicted molar refractivity (Wildman–Crippen MR) is 78.3 cm³/mol. The highest BCUT2D eigenvalue weighted by Crippen LogP contribution is 2.27. The molecule has 0 aliphatic heterocycles. The summed E-state index contributed by atoms with van der Waals surface area (Å²) < 4.78 is 0. The van der Waals surface area contributed by atoms with Gasteiger partial charge in [0.2, 0.25) is 0 Å². The molecule has 1 unspecified atom stereocenters. The van der Waals surface area contributed by atoms with Gasteiger partial charge in [0, 0.05) is 11.6 Å². The summed E-state index contributed by atoms with van der Waals surface area (Å²) >= 11 is 0. The van der Waals surface area contributed by atoms with E-state index in [-0.39, 0.29) is 11.6 Å². The topological polar surface area (TPSA) is 41.3 Å².